The second kappa shape index (κ2) is 8.01. The molecule has 0 saturated carbocycles. The molecule has 0 unspecified atom stereocenters. The molecule has 1 amide bonds. The fraction of sp³-hybridized carbons (Fsp3) is 0.227. The van der Waals surface area contributed by atoms with Crippen LogP contribution in [0.25, 0.3) is 11.3 Å². The van der Waals surface area contributed by atoms with E-state index < -0.39 is 0 Å². The first-order valence-electron chi connectivity index (χ1n) is 9.31. The topological polar surface area (TPSA) is 49.3 Å². The molecule has 1 aliphatic heterocycles. The van der Waals surface area contributed by atoms with Gasteiger partial charge in [-0.25, -0.2) is 9.97 Å². The first-order valence-corrected chi connectivity index (χ1v) is 10.1. The summed E-state index contributed by atoms with van der Waals surface area (Å²) >= 11 is 12.4. The number of rotatable bonds is 3. The van der Waals surface area contributed by atoms with Crippen molar-refractivity contribution in [3.05, 3.63) is 75.4 Å². The Bertz CT molecular complexity index is 1070. The number of carbonyl (C=O) groups excluding carboxylic acids is 1. The monoisotopic (exact) mass is 426 g/mol. The first-order chi connectivity index (χ1) is 14.0. The number of benzene rings is 2. The molecule has 2 aromatic carbocycles. The van der Waals surface area contributed by atoms with Gasteiger partial charge in [0.25, 0.3) is 5.91 Å². The number of aromatic nitrogens is 2. The highest BCUT2D eigenvalue weighted by Crippen LogP contribution is 2.32. The second-order valence-corrected chi connectivity index (χ2v) is 7.92. The second-order valence-electron chi connectivity index (χ2n) is 7.14. The number of amides is 1. The van der Waals surface area contributed by atoms with Crippen LogP contribution >= 0.6 is 23.2 Å². The maximum absolute atomic E-state index is 13.1. The minimum Gasteiger partial charge on any atom is -0.347 e. The van der Waals surface area contributed by atoms with E-state index in [1.807, 2.05) is 49.3 Å². The van der Waals surface area contributed by atoms with Crippen LogP contribution in [0.1, 0.15) is 21.6 Å². The molecule has 0 bridgehead atoms. The van der Waals surface area contributed by atoms with E-state index in [9.17, 15) is 4.79 Å². The normalized spacial score (nSPS) is 13.2. The largest absolute Gasteiger partial charge is 0.347 e. The highest BCUT2D eigenvalue weighted by molar-refractivity contribution is 6.43. The van der Waals surface area contributed by atoms with E-state index in [-0.39, 0.29) is 10.9 Å². The Labute approximate surface area is 179 Å². The Morgan fingerprint density at radius 3 is 2.52 bits per heavy atom. The van der Waals surface area contributed by atoms with Crippen molar-refractivity contribution in [2.75, 3.05) is 25.5 Å². The smallest absolute Gasteiger partial charge is 0.255 e. The summed E-state index contributed by atoms with van der Waals surface area (Å²) in [7, 11) is 3.82. The summed E-state index contributed by atoms with van der Waals surface area (Å²) in [6.45, 7) is 0.972. The van der Waals surface area contributed by atoms with Gasteiger partial charge in [-0.1, -0.05) is 59.6 Å². The van der Waals surface area contributed by atoms with Gasteiger partial charge in [-0.3, -0.25) is 4.79 Å². The summed E-state index contributed by atoms with van der Waals surface area (Å²) in [5, 5.41) is 0.658. The minimum atomic E-state index is -0.144. The zero-order chi connectivity index (χ0) is 20.5. The van der Waals surface area contributed by atoms with Crippen molar-refractivity contribution in [1.29, 1.82) is 0 Å². The summed E-state index contributed by atoms with van der Waals surface area (Å²) in [6, 6.07) is 15.2. The van der Waals surface area contributed by atoms with Crippen LogP contribution in [0.2, 0.25) is 10.0 Å². The van der Waals surface area contributed by atoms with Crippen LogP contribution in [0.15, 0.2) is 48.5 Å². The SMILES string of the molecule is CN(C)c1nc2c(c(-c3ccccc3)n1)CCN(C(=O)c1cccc(Cl)c1Cl)C2. The van der Waals surface area contributed by atoms with E-state index in [4.69, 9.17) is 33.2 Å². The highest BCUT2D eigenvalue weighted by Gasteiger charge is 2.28. The van der Waals surface area contributed by atoms with Gasteiger partial charge in [0.1, 0.15) is 0 Å². The summed E-state index contributed by atoms with van der Waals surface area (Å²) in [5.74, 6) is 0.479. The van der Waals surface area contributed by atoms with Crippen molar-refractivity contribution >= 4 is 35.1 Å². The minimum absolute atomic E-state index is 0.144. The lowest BCUT2D eigenvalue weighted by atomic mass is 9.98. The molecule has 148 valence electrons. The number of hydrogen-bond acceptors (Lipinski definition) is 4. The van der Waals surface area contributed by atoms with E-state index in [1.165, 1.54) is 0 Å². The molecule has 1 aliphatic rings. The number of fused-ring (bicyclic) bond motifs is 1. The van der Waals surface area contributed by atoms with Gasteiger partial charge >= 0.3 is 0 Å². The summed E-state index contributed by atoms with van der Waals surface area (Å²) in [6.07, 6.45) is 0.678. The van der Waals surface area contributed by atoms with Crippen molar-refractivity contribution < 1.29 is 4.79 Å². The molecule has 0 saturated heterocycles. The molecule has 0 radical (unpaired) electrons. The molecule has 1 aromatic heterocycles. The first kappa shape index (κ1) is 19.7. The maximum atomic E-state index is 13.1. The third-order valence-electron chi connectivity index (χ3n) is 4.97. The molecule has 0 fully saturated rings. The van der Waals surface area contributed by atoms with Gasteiger partial charge in [0.2, 0.25) is 5.95 Å². The van der Waals surface area contributed by atoms with Crippen molar-refractivity contribution in [1.82, 2.24) is 14.9 Å². The lowest BCUT2D eigenvalue weighted by Gasteiger charge is -2.30. The van der Waals surface area contributed by atoms with Crippen molar-refractivity contribution in [2.24, 2.45) is 0 Å². The number of halogens is 2. The third-order valence-corrected chi connectivity index (χ3v) is 5.79. The van der Waals surface area contributed by atoms with Crippen LogP contribution < -0.4 is 4.90 Å². The Morgan fingerprint density at radius 2 is 1.79 bits per heavy atom. The molecule has 0 spiro atoms. The van der Waals surface area contributed by atoms with Crippen molar-refractivity contribution in [2.45, 2.75) is 13.0 Å². The molecule has 3 aromatic rings. The lowest BCUT2D eigenvalue weighted by molar-refractivity contribution is 0.0732. The van der Waals surface area contributed by atoms with Gasteiger partial charge in [-0.15, -0.1) is 0 Å². The molecular formula is C22H20Cl2N4O. The Kier molecular flexibility index (Phi) is 5.43. The van der Waals surface area contributed by atoms with Crippen LogP contribution in [0.4, 0.5) is 5.95 Å². The summed E-state index contributed by atoms with van der Waals surface area (Å²) in [5.41, 5.74) is 4.33. The fourth-order valence-corrected chi connectivity index (χ4v) is 3.85. The number of anilines is 1. The average molecular weight is 427 g/mol. The molecule has 4 rings (SSSR count). The van der Waals surface area contributed by atoms with Gasteiger partial charge < -0.3 is 9.80 Å². The highest BCUT2D eigenvalue weighted by atomic mass is 35.5. The van der Waals surface area contributed by atoms with Gasteiger partial charge in [-0.05, 0) is 18.6 Å². The van der Waals surface area contributed by atoms with Crippen LogP contribution in [-0.2, 0) is 13.0 Å². The zero-order valence-electron chi connectivity index (χ0n) is 16.2. The summed E-state index contributed by atoms with van der Waals surface area (Å²) in [4.78, 5) is 26.2. The standard InChI is InChI=1S/C22H20Cl2N4O/c1-27(2)22-25-18-13-28(21(29)16-9-6-10-17(23)19(16)24)12-11-15(18)20(26-22)14-7-4-3-5-8-14/h3-10H,11-13H2,1-2H3. The van der Waals surface area contributed by atoms with Crippen LogP contribution in [0.5, 0.6) is 0 Å². The predicted octanol–water partition coefficient (Wildman–Crippen LogP) is 4.71. The fourth-order valence-electron chi connectivity index (χ4n) is 3.46. The zero-order valence-corrected chi connectivity index (χ0v) is 17.7. The Balaban J connectivity index is 1.73. The molecular weight excluding hydrogens is 407 g/mol. The summed E-state index contributed by atoms with van der Waals surface area (Å²) < 4.78 is 0. The van der Waals surface area contributed by atoms with Crippen molar-refractivity contribution in [3.8, 4) is 11.3 Å². The predicted molar refractivity (Wildman–Crippen MR) is 117 cm³/mol. The number of hydrogen-bond donors (Lipinski definition) is 0. The van der Waals surface area contributed by atoms with E-state index in [1.54, 1.807) is 23.1 Å². The number of carbonyl (C=O) groups is 1. The van der Waals surface area contributed by atoms with E-state index in [2.05, 4.69) is 0 Å². The van der Waals surface area contributed by atoms with E-state index >= 15 is 0 Å². The van der Waals surface area contributed by atoms with Crippen LogP contribution in [-0.4, -0.2) is 41.4 Å². The van der Waals surface area contributed by atoms with Crippen molar-refractivity contribution in [3.63, 3.8) is 0 Å². The van der Waals surface area contributed by atoms with Gasteiger partial charge in [0.05, 0.1) is 33.5 Å². The Morgan fingerprint density at radius 1 is 1.03 bits per heavy atom. The average Bonchev–Trinajstić information content (AvgIpc) is 2.74. The van der Waals surface area contributed by atoms with Crippen LogP contribution in [0, 0.1) is 0 Å². The maximum Gasteiger partial charge on any atom is 0.255 e. The molecule has 0 aliphatic carbocycles. The van der Waals surface area contributed by atoms with E-state index in [0.717, 1.165) is 22.5 Å². The Hall–Kier alpha value is -2.63. The van der Waals surface area contributed by atoms with Gasteiger partial charge in [-0.2, -0.15) is 0 Å². The molecule has 2 heterocycles. The third kappa shape index (κ3) is 3.80. The van der Waals surface area contributed by atoms with E-state index in [0.29, 0.717) is 36.0 Å². The number of nitrogens with zero attached hydrogens (tertiary/aromatic N) is 4. The molecule has 7 heteroatoms. The molecule has 5 nitrogen and oxygen atoms in total. The van der Waals surface area contributed by atoms with Crippen LogP contribution in [0.3, 0.4) is 0 Å². The van der Waals surface area contributed by atoms with Gasteiger partial charge in [0.15, 0.2) is 0 Å². The lowest BCUT2D eigenvalue weighted by Crippen LogP contribution is -2.37. The van der Waals surface area contributed by atoms with Gasteiger partial charge in [0, 0.05) is 31.8 Å². The quantitative estimate of drug-likeness (QED) is 0.607. The molecule has 29 heavy (non-hydrogen) atoms. The molecule has 0 N–H and O–H groups in total. The molecule has 0 atom stereocenters.